The molecule has 1 rings (SSSR count). The maximum Gasteiger partial charge on any atom is 0.0798 e. The molecule has 1 unspecified atom stereocenters. The normalized spacial score (nSPS) is 13.6. The summed E-state index contributed by atoms with van der Waals surface area (Å²) in [5, 5.41) is 3.45. The molecule has 4 heteroatoms. The molecule has 3 nitrogen and oxygen atoms in total. The van der Waals surface area contributed by atoms with Crippen molar-refractivity contribution in [2.75, 3.05) is 20.1 Å². The molecule has 1 aromatic rings. The first-order chi connectivity index (χ1) is 8.06. The zero-order valence-electron chi connectivity index (χ0n) is 11.7. The van der Waals surface area contributed by atoms with Crippen LogP contribution in [0.3, 0.4) is 0 Å². The van der Waals surface area contributed by atoms with Crippen molar-refractivity contribution in [1.82, 2.24) is 15.2 Å². The highest BCUT2D eigenvalue weighted by Gasteiger charge is 2.19. The number of nitrogens with one attached hydrogen (secondary N) is 1. The molecule has 0 aliphatic heterocycles. The second-order valence-corrected chi connectivity index (χ2v) is 5.83. The Labute approximate surface area is 109 Å². The van der Waals surface area contributed by atoms with E-state index >= 15 is 0 Å². The average molecular weight is 255 g/mol. The van der Waals surface area contributed by atoms with E-state index in [1.165, 1.54) is 10.6 Å². The molecule has 98 valence electrons. The van der Waals surface area contributed by atoms with Crippen molar-refractivity contribution in [2.24, 2.45) is 5.92 Å². The van der Waals surface area contributed by atoms with Gasteiger partial charge in [0.1, 0.15) is 0 Å². The summed E-state index contributed by atoms with van der Waals surface area (Å²) < 4.78 is 0. The van der Waals surface area contributed by atoms with Crippen molar-refractivity contribution < 1.29 is 0 Å². The second kappa shape index (κ2) is 7.09. The van der Waals surface area contributed by atoms with Gasteiger partial charge in [0.05, 0.1) is 11.2 Å². The number of aryl methyl sites for hydroxylation is 1. The van der Waals surface area contributed by atoms with Gasteiger partial charge in [-0.2, -0.15) is 0 Å². The fraction of sp³-hybridized carbons (Fsp3) is 0.769. The predicted molar refractivity (Wildman–Crippen MR) is 75.5 cm³/mol. The number of rotatable bonds is 7. The predicted octanol–water partition coefficient (Wildman–Crippen LogP) is 2.52. The van der Waals surface area contributed by atoms with Gasteiger partial charge in [0.25, 0.3) is 0 Å². The van der Waals surface area contributed by atoms with Gasteiger partial charge in [-0.05, 0) is 26.4 Å². The standard InChI is InChI=1S/C13H25N3S/c1-6-14-7-12(10(2)3)16(5)8-13-11(4)15-9-17-13/h9-10,12,14H,6-8H2,1-5H3. The van der Waals surface area contributed by atoms with Crippen LogP contribution >= 0.6 is 11.3 Å². The summed E-state index contributed by atoms with van der Waals surface area (Å²) in [6.45, 7) is 11.9. The minimum absolute atomic E-state index is 0.580. The Morgan fingerprint density at radius 2 is 2.18 bits per heavy atom. The number of thiazole rings is 1. The lowest BCUT2D eigenvalue weighted by molar-refractivity contribution is 0.181. The van der Waals surface area contributed by atoms with Gasteiger partial charge in [0.15, 0.2) is 0 Å². The smallest absolute Gasteiger partial charge is 0.0798 e. The Morgan fingerprint density at radius 1 is 1.47 bits per heavy atom. The molecule has 0 fully saturated rings. The largest absolute Gasteiger partial charge is 0.315 e. The number of nitrogens with zero attached hydrogens (tertiary/aromatic N) is 2. The molecule has 0 bridgehead atoms. The molecule has 0 aliphatic carbocycles. The molecular formula is C13H25N3S. The molecule has 0 saturated heterocycles. The Bertz CT molecular complexity index is 322. The van der Waals surface area contributed by atoms with Crippen molar-refractivity contribution in [3.63, 3.8) is 0 Å². The van der Waals surface area contributed by atoms with Gasteiger partial charge >= 0.3 is 0 Å². The summed E-state index contributed by atoms with van der Waals surface area (Å²) in [6, 6.07) is 0.580. The summed E-state index contributed by atoms with van der Waals surface area (Å²) in [4.78, 5) is 8.13. The first-order valence-electron chi connectivity index (χ1n) is 6.36. The number of likely N-dealkylation sites (N-methyl/N-ethyl adjacent to an activating group) is 2. The highest BCUT2D eigenvalue weighted by atomic mass is 32.1. The van der Waals surface area contributed by atoms with E-state index in [9.17, 15) is 0 Å². The van der Waals surface area contributed by atoms with Gasteiger partial charge in [0, 0.05) is 24.0 Å². The minimum Gasteiger partial charge on any atom is -0.315 e. The summed E-state index contributed by atoms with van der Waals surface area (Å²) in [7, 11) is 2.21. The summed E-state index contributed by atoms with van der Waals surface area (Å²) in [5.74, 6) is 0.660. The van der Waals surface area contributed by atoms with Crippen molar-refractivity contribution in [3.05, 3.63) is 16.1 Å². The third-order valence-corrected chi connectivity index (χ3v) is 4.10. The van der Waals surface area contributed by atoms with Gasteiger partial charge in [0.2, 0.25) is 0 Å². The third-order valence-electron chi connectivity index (χ3n) is 3.18. The van der Waals surface area contributed by atoms with E-state index in [-0.39, 0.29) is 0 Å². The van der Waals surface area contributed by atoms with Crippen LogP contribution in [0.2, 0.25) is 0 Å². The quantitative estimate of drug-likeness (QED) is 0.811. The molecule has 1 atom stereocenters. The Kier molecular flexibility index (Phi) is 6.09. The van der Waals surface area contributed by atoms with Crippen LogP contribution in [0.1, 0.15) is 31.3 Å². The minimum atomic E-state index is 0.580. The summed E-state index contributed by atoms with van der Waals surface area (Å²) in [6.07, 6.45) is 0. The maximum absolute atomic E-state index is 4.31. The van der Waals surface area contributed by atoms with Crippen LogP contribution in [-0.2, 0) is 6.54 Å². The van der Waals surface area contributed by atoms with Gasteiger partial charge in [-0.15, -0.1) is 11.3 Å². The van der Waals surface area contributed by atoms with Crippen molar-refractivity contribution >= 4 is 11.3 Å². The molecule has 1 aromatic heterocycles. The van der Waals surface area contributed by atoms with E-state index in [1.54, 1.807) is 11.3 Å². The summed E-state index contributed by atoms with van der Waals surface area (Å²) >= 11 is 1.76. The SMILES string of the molecule is CCNCC(C(C)C)N(C)Cc1scnc1C. The highest BCUT2D eigenvalue weighted by molar-refractivity contribution is 7.09. The number of hydrogen-bond acceptors (Lipinski definition) is 4. The van der Waals surface area contributed by atoms with E-state index in [4.69, 9.17) is 0 Å². The summed E-state index contributed by atoms with van der Waals surface area (Å²) in [5.41, 5.74) is 3.11. The molecule has 17 heavy (non-hydrogen) atoms. The molecule has 0 aliphatic rings. The van der Waals surface area contributed by atoms with E-state index in [1.807, 2.05) is 5.51 Å². The fourth-order valence-corrected chi connectivity index (χ4v) is 2.85. The Morgan fingerprint density at radius 3 is 2.65 bits per heavy atom. The first-order valence-corrected chi connectivity index (χ1v) is 7.24. The van der Waals surface area contributed by atoms with Crippen LogP contribution in [0.25, 0.3) is 0 Å². The van der Waals surface area contributed by atoms with Crippen LogP contribution in [0.4, 0.5) is 0 Å². The molecular weight excluding hydrogens is 230 g/mol. The van der Waals surface area contributed by atoms with Crippen LogP contribution < -0.4 is 5.32 Å². The maximum atomic E-state index is 4.31. The lowest BCUT2D eigenvalue weighted by Crippen LogP contribution is -2.43. The van der Waals surface area contributed by atoms with Crippen LogP contribution in [0.5, 0.6) is 0 Å². The van der Waals surface area contributed by atoms with E-state index < -0.39 is 0 Å². The van der Waals surface area contributed by atoms with Crippen LogP contribution in [0, 0.1) is 12.8 Å². The van der Waals surface area contributed by atoms with Crippen LogP contribution in [0.15, 0.2) is 5.51 Å². The second-order valence-electron chi connectivity index (χ2n) is 4.90. The average Bonchev–Trinajstić information content (AvgIpc) is 2.64. The molecule has 0 spiro atoms. The lowest BCUT2D eigenvalue weighted by Gasteiger charge is -2.31. The van der Waals surface area contributed by atoms with E-state index in [2.05, 4.69) is 49.9 Å². The van der Waals surface area contributed by atoms with Crippen molar-refractivity contribution in [3.8, 4) is 0 Å². The van der Waals surface area contributed by atoms with Gasteiger partial charge < -0.3 is 5.32 Å². The zero-order chi connectivity index (χ0) is 12.8. The highest BCUT2D eigenvalue weighted by Crippen LogP contribution is 2.17. The lowest BCUT2D eigenvalue weighted by atomic mass is 10.0. The zero-order valence-corrected chi connectivity index (χ0v) is 12.5. The van der Waals surface area contributed by atoms with Gasteiger partial charge in [-0.3, -0.25) is 4.90 Å². The van der Waals surface area contributed by atoms with Crippen molar-refractivity contribution in [2.45, 2.75) is 40.3 Å². The fourth-order valence-electron chi connectivity index (χ4n) is 2.01. The van der Waals surface area contributed by atoms with Crippen molar-refractivity contribution in [1.29, 1.82) is 0 Å². The molecule has 0 radical (unpaired) electrons. The molecule has 0 saturated carbocycles. The molecule has 1 heterocycles. The molecule has 0 amide bonds. The Hall–Kier alpha value is -0.450. The van der Waals surface area contributed by atoms with E-state index in [0.29, 0.717) is 12.0 Å². The van der Waals surface area contributed by atoms with Crippen LogP contribution in [-0.4, -0.2) is 36.1 Å². The Balaban J connectivity index is 2.58. The first kappa shape index (κ1) is 14.6. The van der Waals surface area contributed by atoms with E-state index in [0.717, 1.165) is 19.6 Å². The third kappa shape index (κ3) is 4.37. The number of aromatic nitrogens is 1. The van der Waals surface area contributed by atoms with Gasteiger partial charge in [-0.25, -0.2) is 4.98 Å². The topological polar surface area (TPSA) is 28.2 Å². The monoisotopic (exact) mass is 255 g/mol. The number of hydrogen-bond donors (Lipinski definition) is 1. The molecule has 0 aromatic carbocycles. The molecule has 1 N–H and O–H groups in total. The van der Waals surface area contributed by atoms with Gasteiger partial charge in [-0.1, -0.05) is 20.8 Å².